The van der Waals surface area contributed by atoms with E-state index < -0.39 is 21.9 Å². The SMILES string of the molecule is [B]c1c([B])c(-c2c([B])c(-c3c([B])c([B])c(-c4c([B])c([B])c5c([B])c([B])c6c([B])c([B])c([B])c7c([B])c([B])c4c5c67)c([B])c3[B])c([B])c(-c3c([B])c([B])c([B])c4c([B])c([B])c([B])c([B])c34)c2[B])c([B])c(-c2c([B])c([B])c3c([B])c([B])c4c([B])c([B])c([B])c5c([B])c([B])c2c3c45)c1[B]. The molecular weight excluding hydrogens is 1110 g/mol. The maximum absolute atomic E-state index is 7.61. The van der Waals surface area contributed by atoms with E-state index >= 15 is 0 Å². The summed E-state index contributed by atoms with van der Waals surface area (Å²) >= 11 is 0. The number of hydrogen-bond acceptors (Lipinski definition) is 0. The molecular formula is C60B36. The van der Waals surface area contributed by atoms with Crippen LogP contribution < -0.4 is 197 Å². The van der Waals surface area contributed by atoms with Gasteiger partial charge in [0.25, 0.3) is 0 Å². The van der Waals surface area contributed by atoms with Crippen LogP contribution >= 0.6 is 0 Å². The first-order chi connectivity index (χ1) is 44.8. The third-order valence-corrected chi connectivity index (χ3v) is 19.4. The van der Waals surface area contributed by atoms with Crippen molar-refractivity contribution in [1.82, 2.24) is 0 Å². The second kappa shape index (κ2) is 23.0. The van der Waals surface area contributed by atoms with Crippen LogP contribution in [0.15, 0.2) is 0 Å². The summed E-state index contributed by atoms with van der Waals surface area (Å²) in [5.41, 5.74) is -9.34. The summed E-state index contributed by atoms with van der Waals surface area (Å²) in [5, 5.41) is 1.82. The topological polar surface area (TPSA) is 0 Å². The average Bonchev–Trinajstić information content (AvgIpc) is 0.702. The van der Waals surface area contributed by atoms with Gasteiger partial charge in [-0.25, -0.2) is 0 Å². The van der Waals surface area contributed by atoms with E-state index in [1.165, 1.54) is 0 Å². The highest BCUT2D eigenvalue weighted by Crippen LogP contribution is 2.36. The Labute approximate surface area is 605 Å². The van der Waals surface area contributed by atoms with E-state index in [1.54, 1.807) is 0 Å². The second-order valence-corrected chi connectivity index (χ2v) is 23.9. The Kier molecular flexibility index (Phi) is 16.6. The molecule has 13 aromatic carbocycles. The molecule has 0 unspecified atom stereocenters. The van der Waals surface area contributed by atoms with Gasteiger partial charge in [0.2, 0.25) is 0 Å². The predicted octanol–water partition coefficient (Wildman–Crippen LogP) is -26.5. The minimum Gasteiger partial charge on any atom is -0.110 e. The van der Waals surface area contributed by atoms with Gasteiger partial charge in [-0.2, -0.15) is 0 Å². The van der Waals surface area contributed by atoms with Gasteiger partial charge in [-0.15, -0.1) is 32.8 Å². The van der Waals surface area contributed by atoms with Crippen LogP contribution in [0.1, 0.15) is 0 Å². The van der Waals surface area contributed by atoms with Crippen LogP contribution in [0.4, 0.5) is 0 Å². The van der Waals surface area contributed by atoms with Crippen molar-refractivity contribution in [2.75, 3.05) is 0 Å². The molecule has 96 heavy (non-hydrogen) atoms. The molecule has 0 bridgehead atoms. The molecule has 72 radical (unpaired) electrons. The molecule has 13 aromatic rings. The summed E-state index contributed by atoms with van der Waals surface area (Å²) in [6.07, 6.45) is 0. The zero-order valence-electron chi connectivity index (χ0n) is 50.8. The van der Waals surface area contributed by atoms with Crippen molar-refractivity contribution in [3.05, 3.63) is 0 Å². The number of benzene rings is 13. The lowest BCUT2D eigenvalue weighted by Crippen LogP contribution is -2.53. The van der Waals surface area contributed by atoms with Crippen molar-refractivity contribution in [2.45, 2.75) is 0 Å². The monoisotopic (exact) mass is 1120 g/mol. The van der Waals surface area contributed by atoms with Crippen LogP contribution in [0.2, 0.25) is 0 Å². The van der Waals surface area contributed by atoms with E-state index in [0.29, 0.717) is 0 Å². The smallest absolute Gasteiger partial charge is 0.110 e. The quantitative estimate of drug-likeness (QED) is 0.119. The summed E-state index contributed by atoms with van der Waals surface area (Å²) in [5.74, 6) is 0. The summed E-state index contributed by atoms with van der Waals surface area (Å²) in [4.78, 5) is 0. The summed E-state index contributed by atoms with van der Waals surface area (Å²) < 4.78 is 0. The van der Waals surface area contributed by atoms with Crippen molar-refractivity contribution in [3.63, 3.8) is 0 Å². The van der Waals surface area contributed by atoms with Crippen LogP contribution in [-0.4, -0.2) is 282 Å². The third kappa shape index (κ3) is 8.50. The Bertz CT molecular complexity index is 5860. The molecule has 0 fully saturated rings. The van der Waals surface area contributed by atoms with Gasteiger partial charge in [0.15, 0.2) is 0 Å². The Morgan fingerprint density at radius 3 is 0.438 bits per heavy atom. The van der Waals surface area contributed by atoms with Gasteiger partial charge in [-0.05, 0) is 131 Å². The molecule has 348 valence electrons. The van der Waals surface area contributed by atoms with E-state index in [-0.39, 0.29) is 306 Å². The molecule has 13 rings (SSSR count). The fourth-order valence-electron chi connectivity index (χ4n) is 14.5. The molecule has 36 heteroatoms. The summed E-state index contributed by atoms with van der Waals surface area (Å²) in [6.45, 7) is 0. The van der Waals surface area contributed by atoms with Crippen LogP contribution in [0.25, 0.3) is 131 Å². The van der Waals surface area contributed by atoms with Crippen molar-refractivity contribution in [2.24, 2.45) is 0 Å². The first kappa shape index (κ1) is 69.0. The van der Waals surface area contributed by atoms with Gasteiger partial charge in [0.1, 0.15) is 282 Å². The van der Waals surface area contributed by atoms with Crippen LogP contribution in [0, 0.1) is 0 Å². The summed E-state index contributed by atoms with van der Waals surface area (Å²) in [7, 11) is 252. The molecule has 0 aliphatic carbocycles. The maximum Gasteiger partial charge on any atom is 0.115 e. The van der Waals surface area contributed by atoms with Gasteiger partial charge in [-0.1, -0.05) is 164 Å². The molecule has 0 aliphatic rings. The molecule has 0 N–H and O–H groups in total. The molecule has 0 heterocycles. The van der Waals surface area contributed by atoms with Gasteiger partial charge in [0, 0.05) is 0 Å². The van der Waals surface area contributed by atoms with Crippen molar-refractivity contribution in [3.8, 4) is 55.6 Å². The van der Waals surface area contributed by atoms with Crippen LogP contribution in [0.3, 0.4) is 0 Å². The Balaban J connectivity index is 1.22. The molecule has 0 atom stereocenters. The molecule has 0 amide bonds. The molecule has 0 saturated carbocycles. The average molecular weight is 1110 g/mol. The molecule has 0 aromatic heterocycles. The molecule has 0 saturated heterocycles. The van der Waals surface area contributed by atoms with Gasteiger partial charge in [0.05, 0.1) is 0 Å². The highest BCUT2D eigenvalue weighted by molar-refractivity contribution is 6.81. The van der Waals surface area contributed by atoms with Crippen LogP contribution in [-0.2, 0) is 0 Å². The fraction of sp³-hybridized carbons (Fsp3) is 0. The van der Waals surface area contributed by atoms with Crippen molar-refractivity contribution >= 4 is 555 Å². The van der Waals surface area contributed by atoms with E-state index in [1.807, 2.05) is 0 Å². The lowest BCUT2D eigenvalue weighted by Gasteiger charge is -2.35. The van der Waals surface area contributed by atoms with E-state index in [2.05, 4.69) is 0 Å². The standard InChI is InChI=1S/C60B36/c61-25-17(9-10-20(52(88)55(91)33(9)69)53(89)60(96)59(95)34(10)70)26(62)22(24-45(81)43(79)19(44(80)46(24)82)8-6-2-4-14(38(74)30(6)66)48(84)57(93)50(86)16(4)42(78)40(76)12(2)36(72)32(8)68)28(64)21(25)23-27(63)18(51(87)58(94)54(23)90)7-5-1-3-13(37(73)29(5)65)47(83)56(92)49(85)15(3)41(77)39(75)11(1)35(71)31(7)67. The lowest BCUT2D eigenvalue weighted by molar-refractivity contribution is 1.76. The third-order valence-electron chi connectivity index (χ3n) is 19.4. The Hall–Kier alpha value is -5.46. The van der Waals surface area contributed by atoms with Crippen molar-refractivity contribution < 1.29 is 0 Å². The zero-order valence-corrected chi connectivity index (χ0v) is 50.8. The highest BCUT2D eigenvalue weighted by Gasteiger charge is 2.33. The summed E-state index contributed by atoms with van der Waals surface area (Å²) in [6, 6.07) is 0. The van der Waals surface area contributed by atoms with Gasteiger partial charge in [-0.3, -0.25) is 0 Å². The van der Waals surface area contributed by atoms with E-state index in [9.17, 15) is 0 Å². The number of rotatable bonds is 5. The predicted molar refractivity (Wildman–Crippen MR) is 453 cm³/mol. The van der Waals surface area contributed by atoms with Crippen molar-refractivity contribution in [1.29, 1.82) is 0 Å². The zero-order chi connectivity index (χ0) is 70.6. The lowest BCUT2D eigenvalue weighted by atomic mass is 9.53. The second-order valence-electron chi connectivity index (χ2n) is 23.9. The highest BCUT2D eigenvalue weighted by atomic mass is 14.3. The minimum absolute atomic E-state index is 0.0251. The largest absolute Gasteiger partial charge is 0.115 e. The van der Waals surface area contributed by atoms with Gasteiger partial charge >= 0.3 is 0 Å². The maximum atomic E-state index is 7.61. The molecule has 0 nitrogen and oxygen atoms in total. The molecule has 0 aliphatic heterocycles. The van der Waals surface area contributed by atoms with E-state index in [4.69, 9.17) is 282 Å². The minimum atomic E-state index is -0.417. The first-order valence-corrected chi connectivity index (χ1v) is 28.4. The number of fused-ring (bicyclic) bond motifs is 1. The normalized spacial score (nSPS) is 12.0. The first-order valence-electron chi connectivity index (χ1n) is 28.4. The fourth-order valence-corrected chi connectivity index (χ4v) is 14.5. The Morgan fingerprint density at radius 1 is 0.0625 bits per heavy atom. The van der Waals surface area contributed by atoms with E-state index in [0.717, 1.165) is 0 Å². The van der Waals surface area contributed by atoms with Gasteiger partial charge < -0.3 is 0 Å². The van der Waals surface area contributed by atoms with Crippen LogP contribution in [0.5, 0.6) is 0 Å². The number of hydrogen-bond donors (Lipinski definition) is 0. The molecule has 0 spiro atoms. The Morgan fingerprint density at radius 2 is 0.156 bits per heavy atom.